The monoisotopic (exact) mass is 433 g/mol. The van der Waals surface area contributed by atoms with E-state index >= 15 is 0 Å². The standard InChI is InChI=1S/C30H43NO/c1-9-26-14-12-10-11-13-15-28(23(26)6)30(27-16-17-27)22(5)18-21(4)29(30)24(7)31-25(8)32-19-20(2)3/h10-15,18,20-21,26-27,29H,8-9,16-17,19H2,1-7H3/b11-10+,14-12?,15-13?,28-23?,31-24?. The predicted molar refractivity (Wildman–Crippen MR) is 139 cm³/mol. The molecule has 0 N–H and O–H groups in total. The minimum absolute atomic E-state index is 0.00531. The first-order valence-electron chi connectivity index (χ1n) is 12.5. The van der Waals surface area contributed by atoms with Crippen LogP contribution in [0.15, 0.2) is 76.7 Å². The van der Waals surface area contributed by atoms with E-state index in [9.17, 15) is 0 Å². The van der Waals surface area contributed by atoms with E-state index in [1.54, 1.807) is 0 Å². The molecule has 4 atom stereocenters. The molecule has 0 aliphatic heterocycles. The molecule has 0 aromatic carbocycles. The van der Waals surface area contributed by atoms with Crippen molar-refractivity contribution < 1.29 is 4.74 Å². The highest BCUT2D eigenvalue weighted by molar-refractivity contribution is 5.88. The lowest BCUT2D eigenvalue weighted by Crippen LogP contribution is -2.39. The molecule has 2 nitrogen and oxygen atoms in total. The summed E-state index contributed by atoms with van der Waals surface area (Å²) in [4.78, 5) is 4.93. The van der Waals surface area contributed by atoms with Crippen LogP contribution in [0.25, 0.3) is 0 Å². The molecule has 1 fully saturated rings. The Morgan fingerprint density at radius 3 is 2.50 bits per heavy atom. The SMILES string of the molecule is C=C(N=C(C)C1C(C)C=C(C)C1(C1=C(C)C(CC)C=C/C=C/C=C1)C1CC1)OCC(C)C. The number of nitrogens with zero attached hydrogens (tertiary/aromatic N) is 1. The van der Waals surface area contributed by atoms with Crippen molar-refractivity contribution in [3.8, 4) is 0 Å². The van der Waals surface area contributed by atoms with Gasteiger partial charge in [-0.2, -0.15) is 0 Å². The van der Waals surface area contributed by atoms with E-state index in [1.807, 2.05) is 0 Å². The molecule has 3 aliphatic rings. The van der Waals surface area contributed by atoms with Crippen LogP contribution in [0, 0.1) is 35.0 Å². The second kappa shape index (κ2) is 10.2. The molecule has 0 spiro atoms. The number of allylic oxidation sites excluding steroid dienone is 10. The fourth-order valence-corrected chi connectivity index (χ4v) is 6.13. The fourth-order valence-electron chi connectivity index (χ4n) is 6.13. The maximum Gasteiger partial charge on any atom is 0.205 e. The molecule has 3 aliphatic carbocycles. The molecule has 0 aromatic heterocycles. The molecule has 0 bridgehead atoms. The third-order valence-corrected chi connectivity index (χ3v) is 7.54. The van der Waals surface area contributed by atoms with Crippen LogP contribution in [-0.4, -0.2) is 12.3 Å². The zero-order valence-corrected chi connectivity index (χ0v) is 21.3. The Morgan fingerprint density at radius 2 is 1.88 bits per heavy atom. The Balaban J connectivity index is 2.13. The lowest BCUT2D eigenvalue weighted by molar-refractivity contribution is 0.178. The normalized spacial score (nSPS) is 31.9. The van der Waals surface area contributed by atoms with Gasteiger partial charge in [-0.15, -0.1) is 0 Å². The van der Waals surface area contributed by atoms with Gasteiger partial charge in [0.1, 0.15) is 0 Å². The van der Waals surface area contributed by atoms with E-state index in [4.69, 9.17) is 9.73 Å². The molecule has 2 heteroatoms. The first kappa shape index (κ1) is 24.6. The number of ether oxygens (including phenoxy) is 1. The molecule has 3 rings (SSSR count). The van der Waals surface area contributed by atoms with Gasteiger partial charge in [0.05, 0.1) is 6.61 Å². The number of hydrogen-bond acceptors (Lipinski definition) is 2. The Morgan fingerprint density at radius 1 is 1.19 bits per heavy atom. The summed E-state index contributed by atoms with van der Waals surface area (Å²) in [7, 11) is 0. The maximum absolute atomic E-state index is 5.85. The van der Waals surface area contributed by atoms with Gasteiger partial charge in [0.15, 0.2) is 0 Å². The van der Waals surface area contributed by atoms with Crippen molar-refractivity contribution in [1.82, 2.24) is 0 Å². The van der Waals surface area contributed by atoms with Crippen LogP contribution in [0.3, 0.4) is 0 Å². The summed E-state index contributed by atoms with van der Waals surface area (Å²) in [5, 5.41) is 0. The number of hydrogen-bond donors (Lipinski definition) is 0. The molecular formula is C30H43NO. The summed E-state index contributed by atoms with van der Waals surface area (Å²) in [6, 6.07) is 0. The van der Waals surface area contributed by atoms with E-state index < -0.39 is 0 Å². The summed E-state index contributed by atoms with van der Waals surface area (Å²) >= 11 is 0. The van der Waals surface area contributed by atoms with Crippen molar-refractivity contribution in [3.63, 3.8) is 0 Å². The molecule has 0 aromatic rings. The maximum atomic E-state index is 5.85. The Bertz CT molecular complexity index is 890. The van der Waals surface area contributed by atoms with Crippen molar-refractivity contribution in [2.75, 3.05) is 6.61 Å². The van der Waals surface area contributed by atoms with E-state index in [0.717, 1.165) is 12.1 Å². The van der Waals surface area contributed by atoms with Gasteiger partial charge in [0, 0.05) is 17.0 Å². The lowest BCUT2D eigenvalue weighted by Gasteiger charge is -2.43. The lowest BCUT2D eigenvalue weighted by atomic mass is 9.60. The second-order valence-electron chi connectivity index (χ2n) is 10.4. The van der Waals surface area contributed by atoms with Crippen molar-refractivity contribution in [2.24, 2.45) is 40.0 Å². The van der Waals surface area contributed by atoms with Crippen molar-refractivity contribution in [1.29, 1.82) is 0 Å². The summed E-state index contributed by atoms with van der Waals surface area (Å²) < 4.78 is 5.85. The fraction of sp³-hybridized carbons (Fsp3) is 0.567. The van der Waals surface area contributed by atoms with Gasteiger partial charge in [-0.1, -0.05) is 81.4 Å². The average Bonchev–Trinajstić information content (AvgIpc) is 3.52. The summed E-state index contributed by atoms with van der Waals surface area (Å²) in [5.41, 5.74) is 5.69. The second-order valence-corrected chi connectivity index (χ2v) is 10.4. The third-order valence-electron chi connectivity index (χ3n) is 7.54. The van der Waals surface area contributed by atoms with Gasteiger partial charge in [0.25, 0.3) is 0 Å². The Hall–Kier alpha value is -2.09. The predicted octanol–water partition coefficient (Wildman–Crippen LogP) is 8.22. The van der Waals surface area contributed by atoms with Crippen LogP contribution in [-0.2, 0) is 4.74 Å². The molecule has 0 saturated heterocycles. The first-order chi connectivity index (χ1) is 15.2. The molecule has 0 amide bonds. The molecule has 0 heterocycles. The van der Waals surface area contributed by atoms with Gasteiger partial charge < -0.3 is 4.74 Å². The minimum Gasteiger partial charge on any atom is -0.478 e. The smallest absolute Gasteiger partial charge is 0.205 e. The van der Waals surface area contributed by atoms with E-state index in [1.165, 1.54) is 29.6 Å². The van der Waals surface area contributed by atoms with Gasteiger partial charge in [-0.3, -0.25) is 0 Å². The number of aliphatic imine (C=N–C) groups is 1. The first-order valence-corrected chi connectivity index (χ1v) is 12.5. The van der Waals surface area contributed by atoms with Crippen LogP contribution in [0.4, 0.5) is 0 Å². The van der Waals surface area contributed by atoms with Crippen LogP contribution in [0.2, 0.25) is 0 Å². The van der Waals surface area contributed by atoms with Gasteiger partial charge in [-0.25, -0.2) is 4.99 Å². The average molecular weight is 434 g/mol. The molecule has 1 saturated carbocycles. The molecule has 174 valence electrons. The summed E-state index contributed by atoms with van der Waals surface area (Å²) in [6.45, 7) is 20.6. The quantitative estimate of drug-likeness (QED) is 0.215. The highest BCUT2D eigenvalue weighted by atomic mass is 16.5. The van der Waals surface area contributed by atoms with E-state index in [-0.39, 0.29) is 5.41 Å². The summed E-state index contributed by atoms with van der Waals surface area (Å²) in [5.74, 6) is 2.90. The van der Waals surface area contributed by atoms with Gasteiger partial charge >= 0.3 is 0 Å². The molecule has 0 radical (unpaired) electrons. The molecule has 4 unspecified atom stereocenters. The van der Waals surface area contributed by atoms with Crippen LogP contribution >= 0.6 is 0 Å². The largest absolute Gasteiger partial charge is 0.478 e. The molecule has 32 heavy (non-hydrogen) atoms. The Kier molecular flexibility index (Phi) is 7.85. The third kappa shape index (κ3) is 4.80. The van der Waals surface area contributed by atoms with Crippen molar-refractivity contribution in [2.45, 2.75) is 67.7 Å². The van der Waals surface area contributed by atoms with Crippen LogP contribution < -0.4 is 0 Å². The molecular weight excluding hydrogens is 390 g/mol. The highest BCUT2D eigenvalue weighted by Gasteiger charge is 2.58. The van der Waals surface area contributed by atoms with Crippen molar-refractivity contribution >= 4 is 5.71 Å². The topological polar surface area (TPSA) is 21.6 Å². The van der Waals surface area contributed by atoms with E-state index in [0.29, 0.717) is 42.1 Å². The van der Waals surface area contributed by atoms with Gasteiger partial charge in [0.2, 0.25) is 5.88 Å². The number of rotatable bonds is 8. The minimum atomic E-state index is 0.00531. The Labute approximate surface area is 196 Å². The zero-order chi connectivity index (χ0) is 23.5. The van der Waals surface area contributed by atoms with Crippen molar-refractivity contribution in [3.05, 3.63) is 71.7 Å². The van der Waals surface area contributed by atoms with Gasteiger partial charge in [-0.05, 0) is 75.9 Å². The van der Waals surface area contributed by atoms with Crippen LogP contribution in [0.5, 0.6) is 0 Å². The highest BCUT2D eigenvalue weighted by Crippen LogP contribution is 2.65. The van der Waals surface area contributed by atoms with E-state index in [2.05, 4.69) is 97.6 Å². The zero-order valence-electron chi connectivity index (χ0n) is 21.3. The summed E-state index contributed by atoms with van der Waals surface area (Å²) in [6.07, 6.45) is 19.7. The van der Waals surface area contributed by atoms with Crippen LogP contribution in [0.1, 0.15) is 67.7 Å².